The molecule has 27 heavy (non-hydrogen) atoms. The van der Waals surface area contributed by atoms with Crippen LogP contribution in [0.2, 0.25) is 0 Å². The van der Waals surface area contributed by atoms with Crippen molar-refractivity contribution in [1.82, 2.24) is 0 Å². The van der Waals surface area contributed by atoms with Gasteiger partial charge in [0.2, 0.25) is 0 Å². The molecule has 0 aliphatic rings. The molecule has 0 fully saturated rings. The molecular weight excluding hydrogens is 360 g/mol. The summed E-state index contributed by atoms with van der Waals surface area (Å²) in [5.74, 6) is 1.02. The van der Waals surface area contributed by atoms with Gasteiger partial charge in [-0.2, -0.15) is 8.42 Å². The Balaban J connectivity index is 1.93. The molecule has 2 aromatic carbocycles. The first-order valence-corrected chi connectivity index (χ1v) is 11.3. The van der Waals surface area contributed by atoms with Gasteiger partial charge < -0.3 is 4.74 Å². The summed E-state index contributed by atoms with van der Waals surface area (Å²) in [6, 6.07) is 14.0. The second-order valence-corrected chi connectivity index (χ2v) is 8.27. The first-order chi connectivity index (χ1) is 13.0. The first-order valence-electron chi connectivity index (χ1n) is 9.84. The van der Waals surface area contributed by atoms with Crippen LogP contribution in [0.15, 0.2) is 53.4 Å². The van der Waals surface area contributed by atoms with E-state index >= 15 is 0 Å². The molecule has 0 spiro atoms. The molecule has 0 aromatic heterocycles. The molecule has 0 radical (unpaired) electrons. The Morgan fingerprint density at radius 2 is 1.44 bits per heavy atom. The zero-order valence-electron chi connectivity index (χ0n) is 16.1. The van der Waals surface area contributed by atoms with Gasteiger partial charge in [-0.3, -0.25) is 4.55 Å². The van der Waals surface area contributed by atoms with Crippen LogP contribution in [-0.2, 0) is 16.5 Å². The molecule has 0 amide bonds. The lowest BCUT2D eigenvalue weighted by Crippen LogP contribution is -2.04. The number of hydrogen-bond acceptors (Lipinski definition) is 3. The van der Waals surface area contributed by atoms with Gasteiger partial charge in [0.15, 0.2) is 0 Å². The smallest absolute Gasteiger partial charge is 0.294 e. The van der Waals surface area contributed by atoms with E-state index in [0.29, 0.717) is 23.5 Å². The molecule has 0 heterocycles. The van der Waals surface area contributed by atoms with Gasteiger partial charge in [-0.05, 0) is 36.6 Å². The fourth-order valence-electron chi connectivity index (χ4n) is 3.12. The largest absolute Gasteiger partial charge is 0.457 e. The molecule has 2 rings (SSSR count). The van der Waals surface area contributed by atoms with Gasteiger partial charge in [-0.25, -0.2) is 0 Å². The number of para-hydroxylation sites is 1. The van der Waals surface area contributed by atoms with Crippen LogP contribution in [0.1, 0.15) is 63.9 Å². The van der Waals surface area contributed by atoms with Gasteiger partial charge in [0, 0.05) is 6.07 Å². The molecule has 0 saturated heterocycles. The highest BCUT2D eigenvalue weighted by Crippen LogP contribution is 2.27. The van der Waals surface area contributed by atoms with Crippen LogP contribution in [-0.4, -0.2) is 13.0 Å². The summed E-state index contributed by atoms with van der Waals surface area (Å²) >= 11 is 0. The summed E-state index contributed by atoms with van der Waals surface area (Å²) in [5.41, 5.74) is 0.642. The van der Waals surface area contributed by atoms with Crippen molar-refractivity contribution in [2.24, 2.45) is 0 Å². The maximum Gasteiger partial charge on any atom is 0.294 e. The summed E-state index contributed by atoms with van der Waals surface area (Å²) in [4.78, 5) is -0.0566. The van der Waals surface area contributed by atoms with Gasteiger partial charge >= 0.3 is 0 Å². The van der Waals surface area contributed by atoms with Gasteiger partial charge in [-0.15, -0.1) is 0 Å². The number of rotatable bonds is 12. The summed E-state index contributed by atoms with van der Waals surface area (Å²) in [5, 5.41) is 0. The monoisotopic (exact) mass is 390 g/mol. The van der Waals surface area contributed by atoms with E-state index in [2.05, 4.69) is 6.92 Å². The molecule has 0 saturated carbocycles. The zero-order valence-corrected chi connectivity index (χ0v) is 16.9. The van der Waals surface area contributed by atoms with E-state index in [-0.39, 0.29) is 4.90 Å². The van der Waals surface area contributed by atoms with E-state index in [4.69, 9.17) is 4.74 Å². The van der Waals surface area contributed by atoms with Crippen molar-refractivity contribution in [1.29, 1.82) is 0 Å². The first kappa shape index (κ1) is 21.5. The standard InChI is InChI=1S/C22H30O4S/c1-2-3-4-5-6-7-8-10-13-19-16-17-21(18-22(19)27(23,24)25)26-20-14-11-9-12-15-20/h9,11-12,14-18H,2-8,10,13H2,1H3,(H,23,24,25). The van der Waals surface area contributed by atoms with E-state index in [0.717, 1.165) is 12.8 Å². The Morgan fingerprint density at radius 3 is 2.07 bits per heavy atom. The molecule has 148 valence electrons. The van der Waals surface area contributed by atoms with Crippen molar-refractivity contribution in [3.63, 3.8) is 0 Å². The SMILES string of the molecule is CCCCCCCCCCc1ccc(Oc2ccccc2)cc1S(=O)(=O)O. The third-order valence-corrected chi connectivity index (χ3v) is 5.53. The Morgan fingerprint density at radius 1 is 0.815 bits per heavy atom. The van der Waals surface area contributed by atoms with E-state index in [1.807, 2.05) is 18.2 Å². The minimum absolute atomic E-state index is 0.0566. The molecule has 5 heteroatoms. The maximum absolute atomic E-state index is 11.8. The summed E-state index contributed by atoms with van der Waals surface area (Å²) < 4.78 is 38.9. The number of unbranched alkanes of at least 4 members (excludes halogenated alkanes) is 7. The normalized spacial score (nSPS) is 11.5. The predicted molar refractivity (Wildman–Crippen MR) is 109 cm³/mol. The lowest BCUT2D eigenvalue weighted by molar-refractivity contribution is 0.470. The second-order valence-electron chi connectivity index (χ2n) is 6.88. The van der Waals surface area contributed by atoms with Crippen LogP contribution in [0.5, 0.6) is 11.5 Å². The van der Waals surface area contributed by atoms with Crippen molar-refractivity contribution < 1.29 is 17.7 Å². The number of benzene rings is 2. The molecule has 0 aliphatic heterocycles. The Kier molecular flexibility index (Phi) is 8.82. The minimum Gasteiger partial charge on any atom is -0.457 e. The lowest BCUT2D eigenvalue weighted by atomic mass is 10.0. The van der Waals surface area contributed by atoms with Crippen LogP contribution in [0.3, 0.4) is 0 Å². The number of hydrogen-bond donors (Lipinski definition) is 1. The molecule has 1 N–H and O–H groups in total. The Hall–Kier alpha value is -1.85. The highest BCUT2D eigenvalue weighted by molar-refractivity contribution is 7.85. The third-order valence-electron chi connectivity index (χ3n) is 4.60. The van der Waals surface area contributed by atoms with Crippen molar-refractivity contribution in [2.45, 2.75) is 69.6 Å². The molecule has 0 unspecified atom stereocenters. The topological polar surface area (TPSA) is 63.6 Å². The number of aryl methyl sites for hydroxylation is 1. The molecule has 0 atom stereocenters. The fraction of sp³-hybridized carbons (Fsp3) is 0.455. The van der Waals surface area contributed by atoms with Crippen molar-refractivity contribution in [2.75, 3.05) is 0 Å². The van der Waals surface area contributed by atoms with Crippen LogP contribution >= 0.6 is 0 Å². The highest BCUT2D eigenvalue weighted by Gasteiger charge is 2.16. The van der Waals surface area contributed by atoms with E-state index in [1.54, 1.807) is 24.3 Å². The van der Waals surface area contributed by atoms with Crippen molar-refractivity contribution in [3.05, 3.63) is 54.1 Å². The molecule has 0 bridgehead atoms. The fourth-order valence-corrected chi connectivity index (χ4v) is 3.89. The van der Waals surface area contributed by atoms with Crippen LogP contribution < -0.4 is 4.74 Å². The van der Waals surface area contributed by atoms with Crippen LogP contribution in [0, 0.1) is 0 Å². The lowest BCUT2D eigenvalue weighted by Gasteiger charge is -2.11. The Bertz CT molecular complexity index is 785. The summed E-state index contributed by atoms with van der Waals surface area (Å²) in [6.07, 6.45) is 10.1. The number of ether oxygens (including phenoxy) is 1. The van der Waals surface area contributed by atoms with Gasteiger partial charge in [0.05, 0.1) is 0 Å². The molecule has 4 nitrogen and oxygen atoms in total. The second kappa shape index (κ2) is 11.1. The third kappa shape index (κ3) is 7.73. The van der Waals surface area contributed by atoms with Crippen LogP contribution in [0.4, 0.5) is 0 Å². The average Bonchev–Trinajstić information content (AvgIpc) is 2.65. The van der Waals surface area contributed by atoms with Crippen molar-refractivity contribution in [3.8, 4) is 11.5 Å². The quantitative estimate of drug-likeness (QED) is 0.336. The van der Waals surface area contributed by atoms with Crippen LogP contribution in [0.25, 0.3) is 0 Å². The van der Waals surface area contributed by atoms with Gasteiger partial charge in [-0.1, -0.05) is 76.1 Å². The minimum atomic E-state index is -4.29. The van der Waals surface area contributed by atoms with E-state index in [1.165, 1.54) is 44.6 Å². The van der Waals surface area contributed by atoms with E-state index < -0.39 is 10.1 Å². The predicted octanol–water partition coefficient (Wildman–Crippen LogP) is 6.41. The summed E-state index contributed by atoms with van der Waals surface area (Å²) in [7, 11) is -4.29. The van der Waals surface area contributed by atoms with E-state index in [9.17, 15) is 13.0 Å². The van der Waals surface area contributed by atoms with Crippen molar-refractivity contribution >= 4 is 10.1 Å². The Labute approximate surface area is 163 Å². The molecule has 0 aliphatic carbocycles. The molecule has 2 aromatic rings. The van der Waals surface area contributed by atoms with Gasteiger partial charge in [0.1, 0.15) is 16.4 Å². The average molecular weight is 391 g/mol. The zero-order chi connectivity index (χ0) is 19.5. The summed E-state index contributed by atoms with van der Waals surface area (Å²) in [6.45, 7) is 2.21. The maximum atomic E-state index is 11.8. The molecular formula is C22H30O4S. The highest BCUT2D eigenvalue weighted by atomic mass is 32.2. The van der Waals surface area contributed by atoms with Gasteiger partial charge in [0.25, 0.3) is 10.1 Å².